The molecule has 0 aromatic rings. The van der Waals surface area contributed by atoms with Gasteiger partial charge >= 0.3 is 5.97 Å². The number of halogens is 1. The third kappa shape index (κ3) is 1.15. The van der Waals surface area contributed by atoms with Gasteiger partial charge in [-0.15, -0.1) is 19.0 Å². The van der Waals surface area contributed by atoms with E-state index < -0.39 is 11.5 Å². The average molecular weight is 164 g/mol. The zero-order chi connectivity index (χ0) is 7.07. The maximum atomic E-state index is 10.3. The van der Waals surface area contributed by atoms with E-state index in [-0.39, 0.29) is 18.3 Å². The molecule has 10 heavy (non-hydrogen) atoms. The largest absolute Gasteiger partial charge is 0.480 e. The highest BCUT2D eigenvalue weighted by molar-refractivity contribution is 5.85. The van der Waals surface area contributed by atoms with E-state index in [0.29, 0.717) is 6.42 Å². The van der Waals surface area contributed by atoms with E-state index in [1.165, 1.54) is 0 Å². The van der Waals surface area contributed by atoms with Crippen LogP contribution in [0.1, 0.15) is 6.42 Å². The molecule has 0 amide bonds. The van der Waals surface area contributed by atoms with Crippen LogP contribution in [0.2, 0.25) is 0 Å². The second-order valence-electron chi connectivity index (χ2n) is 2.39. The minimum absolute atomic E-state index is 0. The molecule has 1 rings (SSSR count). The van der Waals surface area contributed by atoms with Gasteiger partial charge in [0, 0.05) is 5.92 Å². The van der Waals surface area contributed by atoms with Crippen LogP contribution in [0.25, 0.3) is 0 Å². The molecule has 2 unspecified atom stereocenters. The molecule has 0 aromatic heterocycles. The number of carboxylic acids is 1. The number of rotatable bonds is 2. The smallest absolute Gasteiger partial charge is 0.324 e. The molecule has 3 N–H and O–H groups in total. The van der Waals surface area contributed by atoms with E-state index in [0.717, 1.165) is 0 Å². The lowest BCUT2D eigenvalue weighted by atomic mass is 10.2. The van der Waals surface area contributed by atoms with Gasteiger partial charge < -0.3 is 10.8 Å². The highest BCUT2D eigenvalue weighted by Gasteiger charge is 2.55. The Labute approximate surface area is 65.3 Å². The van der Waals surface area contributed by atoms with Gasteiger partial charge in [0.05, 0.1) is 0 Å². The van der Waals surface area contributed by atoms with Crippen molar-refractivity contribution >= 4 is 18.4 Å². The van der Waals surface area contributed by atoms with Crippen LogP contribution in [0.5, 0.6) is 0 Å². The first-order valence-electron chi connectivity index (χ1n) is 2.76. The number of hydrogen-bond donors (Lipinski definition) is 2. The Morgan fingerprint density at radius 2 is 2.40 bits per heavy atom. The predicted molar refractivity (Wildman–Crippen MR) is 40.1 cm³/mol. The summed E-state index contributed by atoms with van der Waals surface area (Å²) < 4.78 is 0. The number of carboxylic acid groups (broad SMARTS) is 1. The number of hydrogen-bond acceptors (Lipinski definition) is 2. The Kier molecular flexibility index (Phi) is 2.46. The van der Waals surface area contributed by atoms with Crippen LogP contribution in [-0.4, -0.2) is 16.6 Å². The van der Waals surface area contributed by atoms with Crippen LogP contribution in [0.4, 0.5) is 0 Å². The Morgan fingerprint density at radius 3 is 2.50 bits per heavy atom. The molecule has 1 aliphatic carbocycles. The lowest BCUT2D eigenvalue weighted by Gasteiger charge is -1.99. The Bertz CT molecular complexity index is 171. The van der Waals surface area contributed by atoms with E-state index >= 15 is 0 Å². The first-order chi connectivity index (χ1) is 4.11. The maximum absolute atomic E-state index is 10.3. The summed E-state index contributed by atoms with van der Waals surface area (Å²) in [6, 6.07) is 0. The van der Waals surface area contributed by atoms with E-state index in [1.807, 2.05) is 0 Å². The summed E-state index contributed by atoms with van der Waals surface area (Å²) in [6.45, 7) is 3.46. The van der Waals surface area contributed by atoms with Crippen molar-refractivity contribution in [1.82, 2.24) is 0 Å². The summed E-state index contributed by atoms with van der Waals surface area (Å²) in [5, 5.41) is 8.44. The lowest BCUT2D eigenvalue weighted by molar-refractivity contribution is -0.139. The van der Waals surface area contributed by atoms with Gasteiger partial charge in [-0.2, -0.15) is 0 Å². The lowest BCUT2D eigenvalue weighted by Crippen LogP contribution is -2.34. The zero-order valence-corrected chi connectivity index (χ0v) is 6.23. The van der Waals surface area contributed by atoms with Gasteiger partial charge in [0.25, 0.3) is 0 Å². The van der Waals surface area contributed by atoms with E-state index in [1.54, 1.807) is 6.08 Å². The summed E-state index contributed by atoms with van der Waals surface area (Å²) >= 11 is 0. The molecule has 0 radical (unpaired) electrons. The summed E-state index contributed by atoms with van der Waals surface area (Å²) in [4.78, 5) is 10.3. The van der Waals surface area contributed by atoms with Gasteiger partial charge in [0.1, 0.15) is 5.54 Å². The van der Waals surface area contributed by atoms with E-state index in [2.05, 4.69) is 6.58 Å². The average Bonchev–Trinajstić information content (AvgIpc) is 2.44. The molecular formula is C6H10ClNO2. The van der Waals surface area contributed by atoms with Crippen LogP contribution < -0.4 is 5.73 Å². The van der Waals surface area contributed by atoms with Crippen LogP contribution in [-0.2, 0) is 4.79 Å². The van der Waals surface area contributed by atoms with Gasteiger partial charge in [-0.1, -0.05) is 6.08 Å². The van der Waals surface area contributed by atoms with E-state index in [9.17, 15) is 4.79 Å². The van der Waals surface area contributed by atoms with Crippen molar-refractivity contribution in [2.75, 3.05) is 0 Å². The fourth-order valence-electron chi connectivity index (χ4n) is 0.845. The predicted octanol–water partition coefficient (Wildman–Crippen LogP) is 0.396. The third-order valence-corrected chi connectivity index (χ3v) is 1.74. The Balaban J connectivity index is 0.000000810. The molecule has 0 spiro atoms. The van der Waals surface area contributed by atoms with Gasteiger partial charge in [-0.25, -0.2) is 0 Å². The van der Waals surface area contributed by atoms with Crippen LogP contribution in [0, 0.1) is 5.92 Å². The number of nitrogens with two attached hydrogens (primary N) is 1. The van der Waals surface area contributed by atoms with E-state index in [4.69, 9.17) is 10.8 Å². The first-order valence-corrected chi connectivity index (χ1v) is 2.76. The molecule has 4 heteroatoms. The second-order valence-corrected chi connectivity index (χ2v) is 2.39. The first kappa shape index (κ1) is 9.46. The van der Waals surface area contributed by atoms with Crippen molar-refractivity contribution in [3.05, 3.63) is 12.7 Å². The van der Waals surface area contributed by atoms with Gasteiger partial charge in [-0.05, 0) is 6.42 Å². The molecule has 0 bridgehead atoms. The quantitative estimate of drug-likeness (QED) is 0.580. The minimum atomic E-state index is -0.984. The van der Waals surface area contributed by atoms with Crippen molar-refractivity contribution in [1.29, 1.82) is 0 Å². The minimum Gasteiger partial charge on any atom is -0.480 e. The highest BCUT2D eigenvalue weighted by Crippen LogP contribution is 2.41. The molecule has 58 valence electrons. The standard InChI is InChI=1S/C6H9NO2.ClH/c1-2-4-3-6(4,7)5(8)9;/h2,4H,1,3,7H2,(H,8,9);1H. The molecule has 1 aliphatic rings. The molecular weight excluding hydrogens is 154 g/mol. The second kappa shape index (κ2) is 2.60. The Hall–Kier alpha value is -0.540. The monoisotopic (exact) mass is 163 g/mol. The zero-order valence-electron chi connectivity index (χ0n) is 5.41. The SMILES string of the molecule is C=CC1CC1(N)C(=O)O.Cl. The normalized spacial score (nSPS) is 35.9. The third-order valence-electron chi connectivity index (χ3n) is 1.74. The summed E-state index contributed by atoms with van der Waals surface area (Å²) in [5.41, 5.74) is 4.39. The van der Waals surface area contributed by atoms with Crippen molar-refractivity contribution in [3.8, 4) is 0 Å². The summed E-state index contributed by atoms with van der Waals surface area (Å²) in [7, 11) is 0. The summed E-state index contributed by atoms with van der Waals surface area (Å²) in [6.07, 6.45) is 2.12. The summed E-state index contributed by atoms with van der Waals surface area (Å²) in [5.74, 6) is -0.942. The molecule has 3 nitrogen and oxygen atoms in total. The van der Waals surface area contributed by atoms with Crippen LogP contribution in [0.15, 0.2) is 12.7 Å². The fraction of sp³-hybridized carbons (Fsp3) is 0.500. The molecule has 0 heterocycles. The van der Waals surface area contributed by atoms with Crippen molar-refractivity contribution in [2.24, 2.45) is 11.7 Å². The molecule has 1 fully saturated rings. The molecule has 1 saturated carbocycles. The molecule has 0 aromatic carbocycles. The van der Waals surface area contributed by atoms with Gasteiger partial charge in [0.15, 0.2) is 0 Å². The Morgan fingerprint density at radius 1 is 1.90 bits per heavy atom. The van der Waals surface area contributed by atoms with Crippen molar-refractivity contribution < 1.29 is 9.90 Å². The highest BCUT2D eigenvalue weighted by atomic mass is 35.5. The molecule has 2 atom stereocenters. The topological polar surface area (TPSA) is 63.3 Å². The van der Waals surface area contributed by atoms with Crippen molar-refractivity contribution in [3.63, 3.8) is 0 Å². The van der Waals surface area contributed by atoms with Gasteiger partial charge in [-0.3, -0.25) is 4.79 Å². The molecule has 0 saturated heterocycles. The molecule has 0 aliphatic heterocycles. The van der Waals surface area contributed by atoms with Crippen LogP contribution >= 0.6 is 12.4 Å². The number of carbonyl (C=O) groups is 1. The fourth-order valence-corrected chi connectivity index (χ4v) is 0.845. The maximum Gasteiger partial charge on any atom is 0.324 e. The number of aliphatic carboxylic acids is 1. The van der Waals surface area contributed by atoms with Crippen LogP contribution in [0.3, 0.4) is 0 Å². The van der Waals surface area contributed by atoms with Gasteiger partial charge in [0.2, 0.25) is 0 Å². The van der Waals surface area contributed by atoms with Crippen molar-refractivity contribution in [2.45, 2.75) is 12.0 Å².